The third-order valence-corrected chi connectivity index (χ3v) is 2.96. The molecule has 3 rings (SSSR count). The summed E-state index contributed by atoms with van der Waals surface area (Å²) in [6, 6.07) is 1.84. The van der Waals surface area contributed by atoms with Gasteiger partial charge in [-0.05, 0) is 11.6 Å². The number of methoxy groups -OCH3 is 1. The summed E-state index contributed by atoms with van der Waals surface area (Å²) in [6.45, 7) is 1.43. The molecule has 2 aliphatic heterocycles. The molecule has 2 N–H and O–H groups in total. The van der Waals surface area contributed by atoms with Gasteiger partial charge in [-0.15, -0.1) is 0 Å². The van der Waals surface area contributed by atoms with E-state index < -0.39 is 6.10 Å². The normalized spacial score (nSPS) is 21.8. The minimum absolute atomic E-state index is 0.206. The Kier molecular flexibility index (Phi) is 2.15. The van der Waals surface area contributed by atoms with Crippen LogP contribution in [0.15, 0.2) is 6.07 Å². The van der Waals surface area contributed by atoms with Crippen molar-refractivity contribution in [3.63, 3.8) is 0 Å². The predicted octanol–water partition coefficient (Wildman–Crippen LogP) is 0.560. The molecule has 0 aliphatic carbocycles. The number of nitrogens with one attached hydrogen (secondary N) is 1. The fraction of sp³-hybridized carbons (Fsp3) is 0.455. The lowest BCUT2D eigenvalue weighted by atomic mass is 9.97. The summed E-state index contributed by atoms with van der Waals surface area (Å²) in [5.74, 6) is 1.95. The molecule has 0 radical (unpaired) electrons. The smallest absolute Gasteiger partial charge is 0.231 e. The first kappa shape index (κ1) is 9.74. The maximum atomic E-state index is 9.90. The van der Waals surface area contributed by atoms with Gasteiger partial charge in [-0.2, -0.15) is 0 Å². The lowest BCUT2D eigenvalue weighted by Gasteiger charge is -2.24. The van der Waals surface area contributed by atoms with Gasteiger partial charge >= 0.3 is 0 Å². The highest BCUT2D eigenvalue weighted by Gasteiger charge is 2.29. The van der Waals surface area contributed by atoms with Crippen molar-refractivity contribution in [1.29, 1.82) is 0 Å². The van der Waals surface area contributed by atoms with Crippen LogP contribution in [0.3, 0.4) is 0 Å². The topological polar surface area (TPSA) is 60.0 Å². The van der Waals surface area contributed by atoms with E-state index in [-0.39, 0.29) is 6.79 Å². The Morgan fingerprint density at radius 3 is 3.19 bits per heavy atom. The molecule has 1 atom stereocenters. The molecule has 2 heterocycles. The third kappa shape index (κ3) is 1.25. The maximum Gasteiger partial charge on any atom is 0.231 e. The van der Waals surface area contributed by atoms with E-state index in [9.17, 15) is 5.11 Å². The predicted molar refractivity (Wildman–Crippen MR) is 55.8 cm³/mol. The number of rotatable bonds is 1. The Balaban J connectivity index is 2.21. The highest BCUT2D eigenvalue weighted by Crippen LogP contribution is 2.46. The lowest BCUT2D eigenvalue weighted by molar-refractivity contribution is 0.163. The summed E-state index contributed by atoms with van der Waals surface area (Å²) >= 11 is 0. The van der Waals surface area contributed by atoms with Gasteiger partial charge in [-0.25, -0.2) is 0 Å². The van der Waals surface area contributed by atoms with Crippen LogP contribution in [-0.4, -0.2) is 25.6 Å². The number of aliphatic hydroxyl groups is 1. The first-order chi connectivity index (χ1) is 7.81. The molecule has 5 heteroatoms. The van der Waals surface area contributed by atoms with Crippen LogP contribution in [0, 0.1) is 0 Å². The second-order valence-corrected chi connectivity index (χ2v) is 3.86. The van der Waals surface area contributed by atoms with E-state index in [1.54, 1.807) is 7.11 Å². The van der Waals surface area contributed by atoms with E-state index in [0.717, 1.165) is 11.1 Å². The summed E-state index contributed by atoms with van der Waals surface area (Å²) in [5.41, 5.74) is 1.81. The molecule has 16 heavy (non-hydrogen) atoms. The largest absolute Gasteiger partial charge is 0.492 e. The van der Waals surface area contributed by atoms with Gasteiger partial charge in [0.15, 0.2) is 11.5 Å². The summed E-state index contributed by atoms with van der Waals surface area (Å²) in [4.78, 5) is 0. The molecule has 0 saturated heterocycles. The zero-order valence-corrected chi connectivity index (χ0v) is 8.95. The number of β-amino-alcohol motifs (C(OH)–C–C–N with tert-alkyl or cyclic N) is 1. The molecule has 0 spiro atoms. The van der Waals surface area contributed by atoms with Crippen LogP contribution in [-0.2, 0) is 6.54 Å². The highest BCUT2D eigenvalue weighted by atomic mass is 16.7. The summed E-state index contributed by atoms with van der Waals surface area (Å²) in [5, 5.41) is 13.0. The van der Waals surface area contributed by atoms with Gasteiger partial charge in [-0.3, -0.25) is 0 Å². The molecule has 1 aromatic rings. The molecule has 2 aliphatic rings. The Labute approximate surface area is 92.9 Å². The van der Waals surface area contributed by atoms with Gasteiger partial charge in [0.1, 0.15) is 0 Å². The SMILES string of the molecule is COc1c2c(cc3c1OCO3)C(O)CNC2. The molecule has 86 valence electrons. The van der Waals surface area contributed by atoms with E-state index in [1.165, 1.54) is 0 Å². The van der Waals surface area contributed by atoms with Gasteiger partial charge < -0.3 is 24.6 Å². The van der Waals surface area contributed by atoms with E-state index >= 15 is 0 Å². The molecule has 0 bridgehead atoms. The fourth-order valence-corrected chi connectivity index (χ4v) is 2.21. The van der Waals surface area contributed by atoms with Crippen LogP contribution < -0.4 is 19.5 Å². The van der Waals surface area contributed by atoms with Crippen molar-refractivity contribution < 1.29 is 19.3 Å². The first-order valence-electron chi connectivity index (χ1n) is 5.19. The summed E-state index contributed by atoms with van der Waals surface area (Å²) < 4.78 is 16.0. The van der Waals surface area contributed by atoms with E-state index in [2.05, 4.69) is 5.32 Å². The number of aliphatic hydroxyl groups excluding tert-OH is 1. The van der Waals surface area contributed by atoms with Gasteiger partial charge in [0.25, 0.3) is 0 Å². The Bertz CT molecular complexity index is 432. The number of hydrogen-bond donors (Lipinski definition) is 2. The van der Waals surface area contributed by atoms with Crippen molar-refractivity contribution in [3.8, 4) is 17.2 Å². The third-order valence-electron chi connectivity index (χ3n) is 2.96. The van der Waals surface area contributed by atoms with E-state index in [1.807, 2.05) is 6.07 Å². The molecule has 1 aromatic carbocycles. The van der Waals surface area contributed by atoms with E-state index in [4.69, 9.17) is 14.2 Å². The quantitative estimate of drug-likeness (QED) is 0.728. The second-order valence-electron chi connectivity index (χ2n) is 3.86. The van der Waals surface area contributed by atoms with Gasteiger partial charge in [-0.1, -0.05) is 0 Å². The van der Waals surface area contributed by atoms with Crippen molar-refractivity contribution in [2.45, 2.75) is 12.6 Å². The summed E-state index contributed by atoms with van der Waals surface area (Å²) in [6.07, 6.45) is -0.521. The van der Waals surface area contributed by atoms with Crippen LogP contribution in [0.25, 0.3) is 0 Å². The average molecular weight is 223 g/mol. The Hall–Kier alpha value is -1.46. The van der Waals surface area contributed by atoms with Crippen LogP contribution in [0.2, 0.25) is 0 Å². The zero-order valence-electron chi connectivity index (χ0n) is 8.95. The molecule has 0 saturated carbocycles. The van der Waals surface area contributed by atoms with Crippen LogP contribution in [0.4, 0.5) is 0 Å². The molecule has 5 nitrogen and oxygen atoms in total. The minimum Gasteiger partial charge on any atom is -0.492 e. The molecular formula is C11H13NO4. The monoisotopic (exact) mass is 223 g/mol. The van der Waals surface area contributed by atoms with Gasteiger partial charge in [0.05, 0.1) is 13.2 Å². The van der Waals surface area contributed by atoms with Gasteiger partial charge in [0.2, 0.25) is 12.5 Å². The zero-order chi connectivity index (χ0) is 11.1. The summed E-state index contributed by atoms with van der Waals surface area (Å²) in [7, 11) is 1.60. The van der Waals surface area contributed by atoms with Crippen molar-refractivity contribution in [1.82, 2.24) is 5.32 Å². The molecule has 0 fully saturated rings. The Morgan fingerprint density at radius 1 is 1.50 bits per heavy atom. The highest BCUT2D eigenvalue weighted by molar-refractivity contribution is 5.61. The maximum absolute atomic E-state index is 9.90. The fourth-order valence-electron chi connectivity index (χ4n) is 2.21. The standard InChI is InChI=1S/C11H13NO4/c1-14-10-7-3-12-4-8(13)6(7)2-9-11(10)16-5-15-9/h2,8,12-13H,3-5H2,1H3. The number of hydrogen-bond acceptors (Lipinski definition) is 5. The average Bonchev–Trinajstić information content (AvgIpc) is 2.75. The minimum atomic E-state index is -0.521. The van der Waals surface area contributed by atoms with Crippen LogP contribution >= 0.6 is 0 Å². The number of fused-ring (bicyclic) bond motifs is 2. The first-order valence-corrected chi connectivity index (χ1v) is 5.19. The van der Waals surface area contributed by atoms with Crippen molar-refractivity contribution in [3.05, 3.63) is 17.2 Å². The molecular weight excluding hydrogens is 210 g/mol. The second kappa shape index (κ2) is 3.54. The van der Waals surface area contributed by atoms with Gasteiger partial charge in [0, 0.05) is 18.7 Å². The van der Waals surface area contributed by atoms with Crippen LogP contribution in [0.5, 0.6) is 17.2 Å². The van der Waals surface area contributed by atoms with E-state index in [0.29, 0.717) is 30.3 Å². The molecule has 0 aromatic heterocycles. The number of ether oxygens (including phenoxy) is 3. The Morgan fingerprint density at radius 2 is 2.38 bits per heavy atom. The van der Waals surface area contributed by atoms with Crippen molar-refractivity contribution >= 4 is 0 Å². The molecule has 1 unspecified atom stereocenters. The van der Waals surface area contributed by atoms with Crippen molar-refractivity contribution in [2.24, 2.45) is 0 Å². The van der Waals surface area contributed by atoms with Crippen LogP contribution in [0.1, 0.15) is 17.2 Å². The molecule has 0 amide bonds. The number of benzene rings is 1. The lowest BCUT2D eigenvalue weighted by Crippen LogP contribution is -2.28. The van der Waals surface area contributed by atoms with Crippen molar-refractivity contribution in [2.75, 3.05) is 20.4 Å².